The highest BCUT2D eigenvalue weighted by molar-refractivity contribution is 5.63. The molecule has 144 valence electrons. The molecule has 0 aromatic rings. The number of aliphatic hydroxyl groups excluding tert-OH is 1. The zero-order valence-electron chi connectivity index (χ0n) is 15.9. The van der Waals surface area contributed by atoms with Crippen LogP contribution in [0.2, 0.25) is 0 Å². The fourth-order valence-corrected chi connectivity index (χ4v) is 2.04. The van der Waals surface area contributed by atoms with Crippen LogP contribution in [0.3, 0.4) is 0 Å². The molecule has 0 unspecified atom stereocenters. The van der Waals surface area contributed by atoms with Crippen molar-refractivity contribution in [2.24, 2.45) is 5.16 Å². The van der Waals surface area contributed by atoms with E-state index in [9.17, 15) is 5.11 Å². The van der Waals surface area contributed by atoms with Crippen molar-refractivity contribution in [3.63, 3.8) is 0 Å². The molecule has 0 bridgehead atoms. The van der Waals surface area contributed by atoms with E-state index in [0.29, 0.717) is 19.8 Å². The Morgan fingerprint density at radius 2 is 1.50 bits per heavy atom. The number of hydrogen-bond donors (Lipinski definition) is 1. The Morgan fingerprint density at radius 3 is 2.08 bits per heavy atom. The van der Waals surface area contributed by atoms with Crippen LogP contribution in [-0.4, -0.2) is 63.2 Å². The smallest absolute Gasteiger partial charge is 0.125 e. The summed E-state index contributed by atoms with van der Waals surface area (Å²) >= 11 is 0. The molecule has 24 heavy (non-hydrogen) atoms. The van der Waals surface area contributed by atoms with Crippen LogP contribution in [0, 0.1) is 0 Å². The van der Waals surface area contributed by atoms with Crippen LogP contribution >= 0.6 is 0 Å². The van der Waals surface area contributed by atoms with Gasteiger partial charge in [-0.15, -0.1) is 0 Å². The van der Waals surface area contributed by atoms with Gasteiger partial charge in [0.05, 0.1) is 12.8 Å². The van der Waals surface area contributed by atoms with Crippen molar-refractivity contribution in [1.29, 1.82) is 0 Å². The van der Waals surface area contributed by atoms with Crippen LogP contribution in [0.25, 0.3) is 0 Å². The summed E-state index contributed by atoms with van der Waals surface area (Å²) in [6, 6.07) is 0. The van der Waals surface area contributed by atoms with Gasteiger partial charge in [0.2, 0.25) is 0 Å². The minimum absolute atomic E-state index is 0.227. The molecule has 0 spiro atoms. The van der Waals surface area contributed by atoms with Gasteiger partial charge in [0.1, 0.15) is 25.4 Å². The van der Waals surface area contributed by atoms with E-state index in [-0.39, 0.29) is 6.61 Å². The normalized spacial score (nSPS) is 15.5. The molecule has 0 aliphatic carbocycles. The topological polar surface area (TPSA) is 69.5 Å². The van der Waals surface area contributed by atoms with Crippen LogP contribution in [0.4, 0.5) is 0 Å². The summed E-state index contributed by atoms with van der Waals surface area (Å²) in [6.07, 6.45) is 5.81. The summed E-state index contributed by atoms with van der Waals surface area (Å²) in [4.78, 5) is 4.77. The third kappa shape index (κ3) is 11.8. The third-order valence-corrected chi connectivity index (χ3v) is 3.56. The van der Waals surface area contributed by atoms with E-state index < -0.39 is 18.3 Å². The van der Waals surface area contributed by atoms with Gasteiger partial charge in [0.15, 0.2) is 0 Å². The first kappa shape index (κ1) is 23.3. The van der Waals surface area contributed by atoms with Crippen molar-refractivity contribution >= 4 is 6.21 Å². The Kier molecular flexibility index (Phi) is 16.7. The quantitative estimate of drug-likeness (QED) is 0.249. The summed E-state index contributed by atoms with van der Waals surface area (Å²) < 4.78 is 17.3. The second-order valence-electron chi connectivity index (χ2n) is 5.81. The lowest BCUT2D eigenvalue weighted by atomic mass is 10.1. The zero-order valence-corrected chi connectivity index (χ0v) is 15.9. The van der Waals surface area contributed by atoms with E-state index in [2.05, 4.69) is 25.9 Å². The Balaban J connectivity index is 4.73. The first-order valence-electron chi connectivity index (χ1n) is 9.26. The van der Waals surface area contributed by atoms with E-state index in [0.717, 1.165) is 38.5 Å². The maximum atomic E-state index is 10.5. The standard InChI is InChI=1S/C18H37NO5/c1-5-8-11-22-15-16(20)18(24-13-10-7-3)17(14-19-21-4)23-12-9-6-2/h14,16-18,20H,5-13,15H2,1-4H3/t16-,17-,18-/m1/s1. The predicted octanol–water partition coefficient (Wildman–Crippen LogP) is 3.17. The molecular formula is C18H37NO5. The average Bonchev–Trinajstić information content (AvgIpc) is 2.59. The van der Waals surface area contributed by atoms with Crippen molar-refractivity contribution in [3.05, 3.63) is 0 Å². The summed E-state index contributed by atoms with van der Waals surface area (Å²) in [7, 11) is 1.48. The number of hydrogen-bond acceptors (Lipinski definition) is 6. The van der Waals surface area contributed by atoms with Crippen LogP contribution in [0.5, 0.6) is 0 Å². The van der Waals surface area contributed by atoms with Gasteiger partial charge in [-0.1, -0.05) is 45.2 Å². The maximum absolute atomic E-state index is 10.5. The maximum Gasteiger partial charge on any atom is 0.125 e. The first-order chi connectivity index (χ1) is 11.7. The Bertz CT molecular complexity index is 289. The second kappa shape index (κ2) is 17.1. The van der Waals surface area contributed by atoms with Crippen LogP contribution in [0.1, 0.15) is 59.3 Å². The van der Waals surface area contributed by atoms with Crippen molar-refractivity contribution in [2.45, 2.75) is 77.6 Å². The molecule has 1 N–H and O–H groups in total. The average molecular weight is 347 g/mol. The SMILES string of the molecule is CCCCOC[C@@H](O)[C@@H](OCCCC)[C@@H](C=NOC)OCCCC. The highest BCUT2D eigenvalue weighted by Gasteiger charge is 2.29. The van der Waals surface area contributed by atoms with Crippen molar-refractivity contribution < 1.29 is 24.2 Å². The summed E-state index contributed by atoms with van der Waals surface area (Å²) in [5.41, 5.74) is 0. The molecule has 0 aromatic carbocycles. The minimum atomic E-state index is -0.770. The molecule has 0 aliphatic heterocycles. The third-order valence-electron chi connectivity index (χ3n) is 3.56. The molecule has 3 atom stereocenters. The Morgan fingerprint density at radius 1 is 0.917 bits per heavy atom. The molecule has 0 aromatic heterocycles. The second-order valence-corrected chi connectivity index (χ2v) is 5.81. The summed E-state index contributed by atoms with van der Waals surface area (Å²) in [5, 5.41) is 14.3. The number of unbranched alkanes of at least 4 members (excludes halogenated alkanes) is 3. The number of rotatable bonds is 17. The van der Waals surface area contributed by atoms with E-state index in [1.165, 1.54) is 7.11 Å². The van der Waals surface area contributed by atoms with Gasteiger partial charge in [0.25, 0.3) is 0 Å². The highest BCUT2D eigenvalue weighted by atomic mass is 16.6. The molecule has 0 saturated carbocycles. The lowest BCUT2D eigenvalue weighted by Crippen LogP contribution is -2.45. The van der Waals surface area contributed by atoms with Crippen molar-refractivity contribution in [1.82, 2.24) is 0 Å². The minimum Gasteiger partial charge on any atom is -0.399 e. The Labute approximate surface area is 147 Å². The van der Waals surface area contributed by atoms with Gasteiger partial charge in [-0.3, -0.25) is 0 Å². The lowest BCUT2D eigenvalue weighted by Gasteiger charge is -2.28. The number of aliphatic hydroxyl groups is 1. The number of nitrogens with zero attached hydrogens (tertiary/aromatic N) is 1. The number of oxime groups is 1. The highest BCUT2D eigenvalue weighted by Crippen LogP contribution is 2.12. The van der Waals surface area contributed by atoms with Crippen molar-refractivity contribution in [2.75, 3.05) is 33.5 Å². The monoisotopic (exact) mass is 347 g/mol. The lowest BCUT2D eigenvalue weighted by molar-refractivity contribution is -0.118. The molecular weight excluding hydrogens is 310 g/mol. The Hall–Kier alpha value is -0.690. The van der Waals surface area contributed by atoms with Gasteiger partial charge in [-0.25, -0.2) is 0 Å². The van der Waals surface area contributed by atoms with Crippen LogP contribution in [-0.2, 0) is 19.0 Å². The first-order valence-corrected chi connectivity index (χ1v) is 9.26. The van der Waals surface area contributed by atoms with E-state index in [1.54, 1.807) is 6.21 Å². The van der Waals surface area contributed by atoms with Gasteiger partial charge < -0.3 is 24.2 Å². The molecule has 0 radical (unpaired) electrons. The van der Waals surface area contributed by atoms with Gasteiger partial charge in [-0.05, 0) is 19.3 Å². The van der Waals surface area contributed by atoms with Gasteiger partial charge >= 0.3 is 0 Å². The molecule has 6 heteroatoms. The molecule has 6 nitrogen and oxygen atoms in total. The zero-order chi connectivity index (χ0) is 18.0. The predicted molar refractivity (Wildman–Crippen MR) is 96.5 cm³/mol. The molecule has 0 rings (SSSR count). The molecule has 0 amide bonds. The van der Waals surface area contributed by atoms with Gasteiger partial charge in [0, 0.05) is 19.8 Å². The summed E-state index contributed by atoms with van der Waals surface area (Å²) in [6.45, 7) is 8.34. The largest absolute Gasteiger partial charge is 0.399 e. The van der Waals surface area contributed by atoms with E-state index in [4.69, 9.17) is 19.0 Å². The fourth-order valence-electron chi connectivity index (χ4n) is 2.04. The molecule has 0 aliphatic rings. The molecule has 0 saturated heterocycles. The number of ether oxygens (including phenoxy) is 3. The fraction of sp³-hybridized carbons (Fsp3) is 0.944. The summed E-state index contributed by atoms with van der Waals surface area (Å²) in [5.74, 6) is 0. The van der Waals surface area contributed by atoms with E-state index >= 15 is 0 Å². The molecule has 0 fully saturated rings. The van der Waals surface area contributed by atoms with Crippen LogP contribution in [0.15, 0.2) is 5.16 Å². The van der Waals surface area contributed by atoms with E-state index in [1.807, 2.05) is 0 Å². The molecule has 0 heterocycles. The van der Waals surface area contributed by atoms with Crippen molar-refractivity contribution in [3.8, 4) is 0 Å². The van der Waals surface area contributed by atoms with Crippen LogP contribution < -0.4 is 0 Å². The van der Waals surface area contributed by atoms with Gasteiger partial charge in [-0.2, -0.15) is 0 Å².